The first-order valence-electron chi connectivity index (χ1n) is 6.43. The Morgan fingerprint density at radius 2 is 2.00 bits per heavy atom. The summed E-state index contributed by atoms with van der Waals surface area (Å²) in [5.41, 5.74) is 9.41. The molecule has 6 nitrogen and oxygen atoms in total. The summed E-state index contributed by atoms with van der Waals surface area (Å²) in [7, 11) is 0. The van der Waals surface area contributed by atoms with Gasteiger partial charge in [-0.2, -0.15) is 5.10 Å². The van der Waals surface area contributed by atoms with E-state index in [0.717, 1.165) is 16.9 Å². The standard InChI is InChI=1S/C14H16N6/c1-10(2)20-8-11(5-18-20)19-9-17-7-14(19)12-6-16-4-3-13(12)15/h3-10H,1-2H3,(H2,15,16). The molecule has 0 radical (unpaired) electrons. The molecule has 0 saturated carbocycles. The minimum atomic E-state index is 0.319. The lowest BCUT2D eigenvalue weighted by atomic mass is 10.2. The molecule has 0 fully saturated rings. The van der Waals surface area contributed by atoms with Crippen LogP contribution in [0.15, 0.2) is 43.4 Å². The van der Waals surface area contributed by atoms with Crippen molar-refractivity contribution in [2.24, 2.45) is 0 Å². The quantitative estimate of drug-likeness (QED) is 0.791. The molecule has 0 aliphatic carbocycles. The van der Waals surface area contributed by atoms with Gasteiger partial charge in [-0.3, -0.25) is 14.2 Å². The second kappa shape index (κ2) is 4.80. The Hall–Kier alpha value is -2.63. The SMILES string of the molecule is CC(C)n1cc(-n2cncc2-c2cnccc2N)cn1. The number of rotatable bonds is 3. The van der Waals surface area contributed by atoms with Crippen molar-refractivity contribution in [2.45, 2.75) is 19.9 Å². The maximum absolute atomic E-state index is 6.01. The summed E-state index contributed by atoms with van der Waals surface area (Å²) in [5.74, 6) is 0. The van der Waals surface area contributed by atoms with Crippen LogP contribution in [-0.4, -0.2) is 24.3 Å². The van der Waals surface area contributed by atoms with Gasteiger partial charge in [0.2, 0.25) is 0 Å². The van der Waals surface area contributed by atoms with E-state index in [1.165, 1.54) is 0 Å². The van der Waals surface area contributed by atoms with E-state index in [2.05, 4.69) is 28.9 Å². The molecule has 0 aromatic carbocycles. The van der Waals surface area contributed by atoms with Crippen LogP contribution in [0.5, 0.6) is 0 Å². The molecule has 0 bridgehead atoms. The average molecular weight is 268 g/mol. The van der Waals surface area contributed by atoms with Crippen LogP contribution in [0.2, 0.25) is 0 Å². The zero-order chi connectivity index (χ0) is 14.1. The third-order valence-corrected chi connectivity index (χ3v) is 3.16. The monoisotopic (exact) mass is 268 g/mol. The van der Waals surface area contributed by atoms with E-state index in [1.54, 1.807) is 31.0 Å². The van der Waals surface area contributed by atoms with Gasteiger partial charge in [-0.15, -0.1) is 0 Å². The first-order chi connectivity index (χ1) is 9.66. The van der Waals surface area contributed by atoms with E-state index in [-0.39, 0.29) is 0 Å². The summed E-state index contributed by atoms with van der Waals surface area (Å²) < 4.78 is 3.87. The minimum absolute atomic E-state index is 0.319. The van der Waals surface area contributed by atoms with Crippen molar-refractivity contribution in [1.82, 2.24) is 24.3 Å². The molecule has 0 spiro atoms. The largest absolute Gasteiger partial charge is 0.398 e. The smallest absolute Gasteiger partial charge is 0.0998 e. The summed E-state index contributed by atoms with van der Waals surface area (Å²) >= 11 is 0. The molecule has 0 saturated heterocycles. The molecule has 20 heavy (non-hydrogen) atoms. The number of hydrogen-bond donors (Lipinski definition) is 1. The fraction of sp³-hybridized carbons (Fsp3) is 0.214. The highest BCUT2D eigenvalue weighted by molar-refractivity contribution is 5.73. The molecule has 102 valence electrons. The van der Waals surface area contributed by atoms with Gasteiger partial charge in [0.05, 0.1) is 30.1 Å². The maximum atomic E-state index is 6.01. The number of nitrogen functional groups attached to an aromatic ring is 1. The number of hydrogen-bond acceptors (Lipinski definition) is 4. The van der Waals surface area contributed by atoms with E-state index in [1.807, 2.05) is 21.6 Å². The Kier molecular flexibility index (Phi) is 2.98. The van der Waals surface area contributed by atoms with Crippen LogP contribution in [0.1, 0.15) is 19.9 Å². The zero-order valence-corrected chi connectivity index (χ0v) is 11.4. The summed E-state index contributed by atoms with van der Waals surface area (Å²) in [5, 5.41) is 4.35. The number of aromatic nitrogens is 5. The second-order valence-corrected chi connectivity index (χ2v) is 4.88. The van der Waals surface area contributed by atoms with Crippen LogP contribution in [0.4, 0.5) is 5.69 Å². The molecule has 2 N–H and O–H groups in total. The van der Waals surface area contributed by atoms with Crippen LogP contribution in [0, 0.1) is 0 Å². The molecule has 0 amide bonds. The molecular weight excluding hydrogens is 252 g/mol. The van der Waals surface area contributed by atoms with Crippen molar-refractivity contribution in [1.29, 1.82) is 0 Å². The third kappa shape index (κ3) is 2.05. The molecule has 3 heterocycles. The molecule has 3 rings (SSSR count). The first kappa shape index (κ1) is 12.4. The van der Waals surface area contributed by atoms with Gasteiger partial charge in [0, 0.05) is 35.9 Å². The van der Waals surface area contributed by atoms with E-state index < -0.39 is 0 Å². The maximum Gasteiger partial charge on any atom is 0.0998 e. The third-order valence-electron chi connectivity index (χ3n) is 3.16. The predicted molar refractivity (Wildman–Crippen MR) is 77.4 cm³/mol. The Morgan fingerprint density at radius 1 is 1.15 bits per heavy atom. The fourth-order valence-corrected chi connectivity index (χ4v) is 2.05. The molecular formula is C14H16N6. The van der Waals surface area contributed by atoms with Crippen molar-refractivity contribution < 1.29 is 0 Å². The Bertz CT molecular complexity index is 725. The van der Waals surface area contributed by atoms with Crippen LogP contribution in [0.3, 0.4) is 0 Å². The fourth-order valence-electron chi connectivity index (χ4n) is 2.05. The van der Waals surface area contributed by atoms with Crippen molar-refractivity contribution >= 4 is 5.69 Å². The van der Waals surface area contributed by atoms with E-state index >= 15 is 0 Å². The highest BCUT2D eigenvalue weighted by Gasteiger charge is 2.12. The summed E-state index contributed by atoms with van der Waals surface area (Å²) in [6.45, 7) is 4.18. The molecule has 0 aliphatic rings. The van der Waals surface area contributed by atoms with Crippen molar-refractivity contribution in [2.75, 3.05) is 5.73 Å². The van der Waals surface area contributed by atoms with E-state index in [9.17, 15) is 0 Å². The Balaban J connectivity index is 2.08. The van der Waals surface area contributed by atoms with Crippen LogP contribution < -0.4 is 5.73 Å². The number of nitrogens with two attached hydrogens (primary N) is 1. The van der Waals surface area contributed by atoms with Gasteiger partial charge in [0.25, 0.3) is 0 Å². The molecule has 3 aromatic heterocycles. The van der Waals surface area contributed by atoms with Gasteiger partial charge >= 0.3 is 0 Å². The van der Waals surface area contributed by atoms with Gasteiger partial charge in [0.15, 0.2) is 0 Å². The summed E-state index contributed by atoms with van der Waals surface area (Å²) in [6, 6.07) is 2.10. The lowest BCUT2D eigenvalue weighted by Crippen LogP contribution is -2.00. The number of nitrogens with zero attached hydrogens (tertiary/aromatic N) is 5. The molecule has 0 unspecified atom stereocenters. The number of anilines is 1. The second-order valence-electron chi connectivity index (χ2n) is 4.88. The van der Waals surface area contributed by atoms with E-state index in [0.29, 0.717) is 11.7 Å². The van der Waals surface area contributed by atoms with Gasteiger partial charge < -0.3 is 5.73 Å². The van der Waals surface area contributed by atoms with Crippen molar-refractivity contribution in [3.05, 3.63) is 43.4 Å². The van der Waals surface area contributed by atoms with Crippen molar-refractivity contribution in [3.63, 3.8) is 0 Å². The lowest BCUT2D eigenvalue weighted by Gasteiger charge is -2.08. The zero-order valence-electron chi connectivity index (χ0n) is 11.4. The first-order valence-corrected chi connectivity index (χ1v) is 6.43. The average Bonchev–Trinajstić information content (AvgIpc) is 3.07. The molecule has 0 atom stereocenters. The Labute approximate surface area is 116 Å². The molecule has 6 heteroatoms. The molecule has 0 aliphatic heterocycles. The van der Waals surface area contributed by atoms with Crippen LogP contribution in [-0.2, 0) is 0 Å². The predicted octanol–water partition coefficient (Wildman–Crippen LogP) is 2.29. The van der Waals surface area contributed by atoms with Gasteiger partial charge in [-0.05, 0) is 19.9 Å². The van der Waals surface area contributed by atoms with Crippen molar-refractivity contribution in [3.8, 4) is 16.9 Å². The summed E-state index contributed by atoms with van der Waals surface area (Å²) in [6.07, 6.45) is 10.8. The highest BCUT2D eigenvalue weighted by atomic mass is 15.3. The number of pyridine rings is 1. The van der Waals surface area contributed by atoms with Crippen LogP contribution in [0.25, 0.3) is 16.9 Å². The van der Waals surface area contributed by atoms with Gasteiger partial charge in [-0.25, -0.2) is 4.98 Å². The number of imidazole rings is 1. The molecule has 3 aromatic rings. The summed E-state index contributed by atoms with van der Waals surface area (Å²) in [4.78, 5) is 8.34. The van der Waals surface area contributed by atoms with Gasteiger partial charge in [0.1, 0.15) is 0 Å². The lowest BCUT2D eigenvalue weighted by molar-refractivity contribution is 0.532. The Morgan fingerprint density at radius 3 is 2.70 bits per heavy atom. The van der Waals surface area contributed by atoms with Gasteiger partial charge in [-0.1, -0.05) is 0 Å². The van der Waals surface area contributed by atoms with E-state index in [4.69, 9.17) is 5.73 Å². The highest BCUT2D eigenvalue weighted by Crippen LogP contribution is 2.26. The minimum Gasteiger partial charge on any atom is -0.398 e. The topological polar surface area (TPSA) is 74.5 Å². The normalized spacial score (nSPS) is 11.2. The van der Waals surface area contributed by atoms with Crippen LogP contribution >= 0.6 is 0 Å².